The second kappa shape index (κ2) is 8.85. The van der Waals surface area contributed by atoms with Crippen molar-refractivity contribution in [1.82, 2.24) is 20.2 Å². The third kappa shape index (κ3) is 5.40. The summed E-state index contributed by atoms with van der Waals surface area (Å²) in [5, 5.41) is 9.19. The number of nitrogen functional groups attached to an aromatic ring is 1. The van der Waals surface area contributed by atoms with Gasteiger partial charge in [-0.2, -0.15) is 13.2 Å². The van der Waals surface area contributed by atoms with Crippen LogP contribution in [0.15, 0.2) is 29.4 Å². The predicted molar refractivity (Wildman–Crippen MR) is 102 cm³/mol. The molecule has 0 radical (unpaired) electrons. The van der Waals surface area contributed by atoms with Crippen LogP contribution in [0.25, 0.3) is 0 Å². The first kappa shape index (κ1) is 22.1. The first-order chi connectivity index (χ1) is 13.0. The van der Waals surface area contributed by atoms with Crippen LogP contribution in [0.2, 0.25) is 0 Å². The van der Waals surface area contributed by atoms with Crippen LogP contribution in [0.3, 0.4) is 0 Å². The molecule has 0 aliphatic rings. The lowest BCUT2D eigenvalue weighted by atomic mass is 9.93. The highest BCUT2D eigenvalue weighted by molar-refractivity contribution is 7.99. The molecule has 1 unspecified atom stereocenters. The molecule has 2 rings (SSSR count). The highest BCUT2D eigenvalue weighted by Gasteiger charge is 2.38. The molecule has 6 nitrogen and oxygen atoms in total. The van der Waals surface area contributed by atoms with E-state index in [4.69, 9.17) is 5.84 Å². The zero-order valence-corrected chi connectivity index (χ0v) is 16.9. The lowest BCUT2D eigenvalue weighted by Gasteiger charge is -2.23. The number of nitrogens with zero attached hydrogens (tertiary/aromatic N) is 3. The molecule has 0 fully saturated rings. The fourth-order valence-corrected chi connectivity index (χ4v) is 3.30. The van der Waals surface area contributed by atoms with Crippen molar-refractivity contribution in [1.29, 1.82) is 0 Å². The molecule has 154 valence electrons. The van der Waals surface area contributed by atoms with Gasteiger partial charge in [-0.3, -0.25) is 4.79 Å². The Morgan fingerprint density at radius 3 is 2.18 bits per heavy atom. The Hall–Kier alpha value is -2.23. The zero-order valence-electron chi connectivity index (χ0n) is 16.1. The van der Waals surface area contributed by atoms with Crippen LogP contribution >= 0.6 is 11.8 Å². The molecule has 2 aromatic rings. The molecule has 1 atom stereocenters. The molecule has 10 heteroatoms. The van der Waals surface area contributed by atoms with Crippen molar-refractivity contribution in [2.45, 2.75) is 51.0 Å². The van der Waals surface area contributed by atoms with Crippen molar-refractivity contribution in [2.24, 2.45) is 5.92 Å². The van der Waals surface area contributed by atoms with Crippen LogP contribution in [0, 0.1) is 5.92 Å². The molecule has 1 aromatic carbocycles. The minimum Gasteiger partial charge on any atom is -0.348 e. The average molecular weight is 415 g/mol. The number of thioether (sulfide) groups is 1. The number of amides is 1. The van der Waals surface area contributed by atoms with Crippen LogP contribution < -0.4 is 11.2 Å². The highest BCUT2D eigenvalue weighted by Crippen LogP contribution is 2.29. The van der Waals surface area contributed by atoms with Gasteiger partial charge in [0.15, 0.2) is 0 Å². The summed E-state index contributed by atoms with van der Waals surface area (Å²) in [5.74, 6) is 4.16. The lowest BCUT2D eigenvalue weighted by molar-refractivity contribution is -0.146. The van der Waals surface area contributed by atoms with E-state index in [-0.39, 0.29) is 28.8 Å². The van der Waals surface area contributed by atoms with E-state index in [0.717, 1.165) is 17.3 Å². The molecule has 0 bridgehead atoms. The van der Waals surface area contributed by atoms with Gasteiger partial charge in [-0.05, 0) is 23.0 Å². The molecule has 0 aliphatic carbocycles. The fourth-order valence-electron chi connectivity index (χ4n) is 2.64. The third-order valence-corrected chi connectivity index (χ3v) is 5.14. The fraction of sp³-hybridized carbons (Fsp3) is 0.500. The summed E-state index contributed by atoms with van der Waals surface area (Å²) in [6.07, 6.45) is -4.70. The molecular formula is C18H24F3N5OS. The van der Waals surface area contributed by atoms with Crippen LogP contribution in [-0.4, -0.2) is 26.5 Å². The average Bonchev–Trinajstić information content (AvgIpc) is 2.98. The second-order valence-corrected chi connectivity index (χ2v) is 8.02. The number of benzene rings is 1. The number of aromatic nitrogens is 3. The van der Waals surface area contributed by atoms with E-state index in [1.165, 1.54) is 5.56 Å². The number of hydrogen-bond acceptors (Lipinski definition) is 5. The standard InChI is InChI=1S/C18H24F3N5OS/c1-10(2)12-5-7-13(8-6-12)15(11(3)4)23-14(27)9-28-17-25-24-16(26(17)22)18(19,20)21/h5-8,10-11,15H,9,22H2,1-4H3,(H,23,27). The molecule has 0 saturated carbocycles. The van der Waals surface area contributed by atoms with E-state index in [1.54, 1.807) is 0 Å². The van der Waals surface area contributed by atoms with Crippen molar-refractivity contribution >= 4 is 17.7 Å². The predicted octanol–water partition coefficient (Wildman–Crippen LogP) is 3.74. The number of carbonyl (C=O) groups is 1. The van der Waals surface area contributed by atoms with Gasteiger partial charge in [-0.1, -0.05) is 63.7 Å². The Morgan fingerprint density at radius 1 is 1.14 bits per heavy atom. The van der Waals surface area contributed by atoms with Gasteiger partial charge >= 0.3 is 6.18 Å². The van der Waals surface area contributed by atoms with Crippen LogP contribution in [0.4, 0.5) is 13.2 Å². The summed E-state index contributed by atoms with van der Waals surface area (Å²) >= 11 is 0.800. The summed E-state index contributed by atoms with van der Waals surface area (Å²) < 4.78 is 38.4. The Kier molecular flexibility index (Phi) is 6.97. The Bertz CT molecular complexity index is 803. The first-order valence-electron chi connectivity index (χ1n) is 8.80. The van der Waals surface area contributed by atoms with E-state index >= 15 is 0 Å². The second-order valence-electron chi connectivity index (χ2n) is 7.07. The largest absolute Gasteiger partial charge is 0.453 e. The van der Waals surface area contributed by atoms with E-state index in [9.17, 15) is 18.0 Å². The van der Waals surface area contributed by atoms with Gasteiger partial charge in [0.05, 0.1) is 11.8 Å². The normalized spacial score (nSPS) is 13.2. The van der Waals surface area contributed by atoms with Gasteiger partial charge in [0, 0.05) is 0 Å². The smallest absolute Gasteiger partial charge is 0.348 e. The quantitative estimate of drug-likeness (QED) is 0.532. The number of alkyl halides is 3. The number of nitrogens with one attached hydrogen (secondary N) is 1. The number of carbonyl (C=O) groups excluding carboxylic acids is 1. The summed E-state index contributed by atoms with van der Waals surface area (Å²) in [6, 6.07) is 7.83. The van der Waals surface area contributed by atoms with Crippen molar-refractivity contribution in [3.05, 3.63) is 41.2 Å². The maximum Gasteiger partial charge on any atom is 0.453 e. The Labute approximate surface area is 166 Å². The monoisotopic (exact) mass is 415 g/mol. The molecule has 0 saturated heterocycles. The van der Waals surface area contributed by atoms with Crippen LogP contribution in [0.1, 0.15) is 56.6 Å². The van der Waals surface area contributed by atoms with Crippen molar-refractivity contribution in [2.75, 3.05) is 11.6 Å². The number of rotatable bonds is 7. The highest BCUT2D eigenvalue weighted by atomic mass is 32.2. The Balaban J connectivity index is 2.02. The van der Waals surface area contributed by atoms with Gasteiger partial charge in [0.2, 0.25) is 11.1 Å². The van der Waals surface area contributed by atoms with E-state index in [2.05, 4.69) is 29.4 Å². The van der Waals surface area contributed by atoms with Crippen molar-refractivity contribution in [3.63, 3.8) is 0 Å². The number of hydrogen-bond donors (Lipinski definition) is 2. The van der Waals surface area contributed by atoms with E-state index in [1.807, 2.05) is 38.1 Å². The number of halogens is 3. The SMILES string of the molecule is CC(C)c1ccc(C(NC(=O)CSc2nnc(C(F)(F)F)n2N)C(C)C)cc1. The molecule has 1 aromatic heterocycles. The zero-order chi connectivity index (χ0) is 21.1. The van der Waals surface area contributed by atoms with Crippen molar-refractivity contribution < 1.29 is 18.0 Å². The van der Waals surface area contributed by atoms with Gasteiger partial charge in [-0.25, -0.2) is 4.68 Å². The van der Waals surface area contributed by atoms with Crippen LogP contribution in [-0.2, 0) is 11.0 Å². The first-order valence-corrected chi connectivity index (χ1v) is 9.79. The molecule has 1 heterocycles. The topological polar surface area (TPSA) is 85.8 Å². The Morgan fingerprint density at radius 2 is 1.71 bits per heavy atom. The van der Waals surface area contributed by atoms with Crippen molar-refractivity contribution in [3.8, 4) is 0 Å². The third-order valence-electron chi connectivity index (χ3n) is 4.20. The summed E-state index contributed by atoms with van der Waals surface area (Å²) in [5.41, 5.74) is 2.18. The minimum absolute atomic E-state index is 0.125. The molecule has 28 heavy (non-hydrogen) atoms. The van der Waals surface area contributed by atoms with Gasteiger partial charge in [0.25, 0.3) is 5.82 Å². The minimum atomic E-state index is -4.70. The summed E-state index contributed by atoms with van der Waals surface area (Å²) in [6.45, 7) is 8.18. The van der Waals surface area contributed by atoms with Crippen LogP contribution in [0.5, 0.6) is 0 Å². The molecular weight excluding hydrogens is 391 g/mol. The van der Waals surface area contributed by atoms with E-state index in [0.29, 0.717) is 10.6 Å². The van der Waals surface area contributed by atoms with Gasteiger partial charge in [0.1, 0.15) is 0 Å². The summed E-state index contributed by atoms with van der Waals surface area (Å²) in [7, 11) is 0. The van der Waals surface area contributed by atoms with E-state index < -0.39 is 12.0 Å². The maximum absolute atomic E-state index is 12.7. The maximum atomic E-state index is 12.7. The molecule has 1 amide bonds. The summed E-state index contributed by atoms with van der Waals surface area (Å²) in [4.78, 5) is 12.3. The molecule has 0 spiro atoms. The molecule has 0 aliphatic heterocycles. The molecule has 3 N–H and O–H groups in total. The van der Waals surface area contributed by atoms with Gasteiger partial charge < -0.3 is 11.2 Å². The number of nitrogens with two attached hydrogens (primary N) is 1. The van der Waals surface area contributed by atoms with Gasteiger partial charge in [-0.15, -0.1) is 10.2 Å². The lowest BCUT2D eigenvalue weighted by Crippen LogP contribution is -2.33.